The van der Waals surface area contributed by atoms with Crippen LogP contribution in [0, 0.1) is 0 Å². The van der Waals surface area contributed by atoms with E-state index in [0.717, 1.165) is 29.5 Å². The Morgan fingerprint density at radius 2 is 2.17 bits per heavy atom. The average Bonchev–Trinajstić information content (AvgIpc) is 2.72. The van der Waals surface area contributed by atoms with Crippen LogP contribution in [0.5, 0.6) is 5.88 Å². The largest absolute Gasteiger partial charge is 0.474 e. The van der Waals surface area contributed by atoms with Crippen molar-refractivity contribution < 1.29 is 4.74 Å². The van der Waals surface area contributed by atoms with Crippen LogP contribution in [-0.2, 0) is 6.42 Å². The summed E-state index contributed by atoms with van der Waals surface area (Å²) < 4.78 is 5.88. The second-order valence-corrected chi connectivity index (χ2v) is 5.50. The van der Waals surface area contributed by atoms with E-state index in [0.29, 0.717) is 5.88 Å². The molecule has 4 nitrogen and oxygen atoms in total. The maximum atomic E-state index is 5.88. The molecule has 2 aromatic heterocycles. The smallest absolute Gasteiger partial charge is 0.227 e. The van der Waals surface area contributed by atoms with Crippen molar-refractivity contribution in [1.29, 1.82) is 0 Å². The van der Waals surface area contributed by atoms with Crippen LogP contribution in [0.1, 0.15) is 38.5 Å². The molecule has 2 N–H and O–H groups in total. The van der Waals surface area contributed by atoms with E-state index in [1.165, 1.54) is 4.88 Å². The number of thiophene rings is 1. The van der Waals surface area contributed by atoms with E-state index in [-0.39, 0.29) is 12.1 Å². The zero-order valence-electron chi connectivity index (χ0n) is 11.1. The van der Waals surface area contributed by atoms with Gasteiger partial charge in [-0.3, -0.25) is 0 Å². The van der Waals surface area contributed by atoms with Crippen LogP contribution in [0.3, 0.4) is 0 Å². The highest BCUT2D eigenvalue weighted by molar-refractivity contribution is 7.18. The summed E-state index contributed by atoms with van der Waals surface area (Å²) in [4.78, 5) is 10.7. The van der Waals surface area contributed by atoms with Crippen LogP contribution in [0.4, 0.5) is 5.95 Å². The van der Waals surface area contributed by atoms with Gasteiger partial charge in [-0.1, -0.05) is 20.3 Å². The van der Waals surface area contributed by atoms with Gasteiger partial charge in [0.2, 0.25) is 11.8 Å². The predicted molar refractivity (Wildman–Crippen MR) is 76.2 cm³/mol. The number of ether oxygens (including phenoxy) is 1. The quantitative estimate of drug-likeness (QED) is 0.900. The van der Waals surface area contributed by atoms with Gasteiger partial charge in [-0.05, 0) is 25.8 Å². The topological polar surface area (TPSA) is 61.0 Å². The molecule has 0 saturated heterocycles. The van der Waals surface area contributed by atoms with Crippen LogP contribution in [-0.4, -0.2) is 16.1 Å². The normalized spacial score (nSPS) is 12.8. The highest BCUT2D eigenvalue weighted by Gasteiger charge is 2.13. The molecule has 0 aliphatic rings. The highest BCUT2D eigenvalue weighted by atomic mass is 32.1. The lowest BCUT2D eigenvalue weighted by molar-refractivity contribution is 0.204. The van der Waals surface area contributed by atoms with E-state index in [2.05, 4.69) is 36.8 Å². The van der Waals surface area contributed by atoms with E-state index in [1.54, 1.807) is 11.3 Å². The number of aryl methyl sites for hydroxylation is 1. The molecule has 0 fully saturated rings. The first-order valence-corrected chi connectivity index (χ1v) is 7.18. The third-order valence-corrected chi connectivity index (χ3v) is 3.96. The Kier molecular flexibility index (Phi) is 4.01. The average molecular weight is 265 g/mol. The molecule has 5 heteroatoms. The second-order valence-electron chi connectivity index (χ2n) is 4.39. The minimum atomic E-state index is 0.150. The number of hydrogen-bond donors (Lipinski definition) is 1. The molecule has 0 amide bonds. The Labute approximate surface area is 111 Å². The molecule has 2 heterocycles. The molecule has 1 unspecified atom stereocenters. The highest BCUT2D eigenvalue weighted by Crippen LogP contribution is 2.31. The fraction of sp³-hybridized carbons (Fsp3) is 0.538. The number of rotatable bonds is 5. The third-order valence-electron chi connectivity index (χ3n) is 2.78. The molecule has 0 aliphatic carbocycles. The number of aromatic nitrogens is 2. The van der Waals surface area contributed by atoms with Gasteiger partial charge in [-0.15, -0.1) is 11.3 Å². The fourth-order valence-corrected chi connectivity index (χ4v) is 2.85. The zero-order chi connectivity index (χ0) is 13.1. The van der Waals surface area contributed by atoms with Crippen molar-refractivity contribution in [3.8, 4) is 5.88 Å². The van der Waals surface area contributed by atoms with Gasteiger partial charge in [0, 0.05) is 4.88 Å². The number of hydrogen-bond acceptors (Lipinski definition) is 5. The van der Waals surface area contributed by atoms with Crippen LogP contribution < -0.4 is 10.5 Å². The van der Waals surface area contributed by atoms with E-state index < -0.39 is 0 Å². The second kappa shape index (κ2) is 5.52. The molecule has 2 rings (SSSR count). The minimum absolute atomic E-state index is 0.150. The van der Waals surface area contributed by atoms with Crippen LogP contribution in [0.2, 0.25) is 0 Å². The standard InChI is InChI=1S/C13H19N3OS/c1-4-6-8(3)17-11-10-7-9(5-2)18-12(10)16-13(14)15-11/h7-8H,4-6H2,1-3H3,(H2,14,15,16). The van der Waals surface area contributed by atoms with Crippen molar-refractivity contribution in [2.24, 2.45) is 0 Å². The van der Waals surface area contributed by atoms with Gasteiger partial charge in [-0.2, -0.15) is 4.98 Å². The fourth-order valence-electron chi connectivity index (χ4n) is 1.88. The summed E-state index contributed by atoms with van der Waals surface area (Å²) >= 11 is 1.65. The van der Waals surface area contributed by atoms with Crippen molar-refractivity contribution in [2.45, 2.75) is 46.1 Å². The number of anilines is 1. The molecular weight excluding hydrogens is 246 g/mol. The van der Waals surface area contributed by atoms with E-state index in [9.17, 15) is 0 Å². The first-order valence-electron chi connectivity index (χ1n) is 6.36. The Morgan fingerprint density at radius 3 is 2.83 bits per heavy atom. The lowest BCUT2D eigenvalue weighted by Crippen LogP contribution is -2.12. The Bertz CT molecular complexity index is 538. The molecule has 0 saturated carbocycles. The summed E-state index contributed by atoms with van der Waals surface area (Å²) in [5, 5.41) is 0.981. The maximum absolute atomic E-state index is 5.88. The SMILES string of the molecule is CCCC(C)Oc1nc(N)nc2sc(CC)cc12. The Hall–Kier alpha value is -1.36. The summed E-state index contributed by atoms with van der Waals surface area (Å²) in [6.07, 6.45) is 3.24. The number of nitrogen functional groups attached to an aromatic ring is 1. The molecule has 0 aromatic carbocycles. The summed E-state index contributed by atoms with van der Waals surface area (Å²) in [5.74, 6) is 0.903. The monoisotopic (exact) mass is 265 g/mol. The number of nitrogens with two attached hydrogens (primary N) is 1. The van der Waals surface area contributed by atoms with Gasteiger partial charge in [0.1, 0.15) is 4.83 Å². The van der Waals surface area contributed by atoms with Gasteiger partial charge in [0.15, 0.2) is 0 Å². The summed E-state index contributed by atoms with van der Waals surface area (Å²) in [6.45, 7) is 6.33. The number of fused-ring (bicyclic) bond motifs is 1. The summed E-state index contributed by atoms with van der Waals surface area (Å²) in [7, 11) is 0. The molecule has 0 aliphatic heterocycles. The first kappa shape index (κ1) is 13.1. The Balaban J connectivity index is 2.38. The lowest BCUT2D eigenvalue weighted by atomic mass is 10.2. The van der Waals surface area contributed by atoms with Crippen LogP contribution >= 0.6 is 11.3 Å². The van der Waals surface area contributed by atoms with E-state index in [4.69, 9.17) is 10.5 Å². The molecular formula is C13H19N3OS. The van der Waals surface area contributed by atoms with Crippen molar-refractivity contribution >= 4 is 27.5 Å². The first-order chi connectivity index (χ1) is 8.63. The van der Waals surface area contributed by atoms with Gasteiger partial charge < -0.3 is 10.5 Å². The summed E-state index contributed by atoms with van der Waals surface area (Å²) in [6, 6.07) is 2.10. The van der Waals surface area contributed by atoms with Crippen molar-refractivity contribution in [1.82, 2.24) is 9.97 Å². The van der Waals surface area contributed by atoms with Crippen molar-refractivity contribution in [3.63, 3.8) is 0 Å². The van der Waals surface area contributed by atoms with Crippen LogP contribution in [0.25, 0.3) is 10.2 Å². The van der Waals surface area contributed by atoms with Crippen LogP contribution in [0.15, 0.2) is 6.07 Å². The van der Waals surface area contributed by atoms with Gasteiger partial charge in [0.25, 0.3) is 0 Å². The van der Waals surface area contributed by atoms with Gasteiger partial charge in [0.05, 0.1) is 11.5 Å². The Morgan fingerprint density at radius 1 is 1.39 bits per heavy atom. The predicted octanol–water partition coefficient (Wildman–Crippen LogP) is 3.40. The molecule has 0 bridgehead atoms. The van der Waals surface area contributed by atoms with Crippen molar-refractivity contribution in [2.75, 3.05) is 5.73 Å². The van der Waals surface area contributed by atoms with Crippen molar-refractivity contribution in [3.05, 3.63) is 10.9 Å². The van der Waals surface area contributed by atoms with Gasteiger partial charge >= 0.3 is 0 Å². The van der Waals surface area contributed by atoms with Gasteiger partial charge in [-0.25, -0.2) is 4.98 Å². The third kappa shape index (κ3) is 2.72. The summed E-state index contributed by atoms with van der Waals surface area (Å²) in [5.41, 5.74) is 5.73. The number of nitrogens with zero attached hydrogens (tertiary/aromatic N) is 2. The lowest BCUT2D eigenvalue weighted by Gasteiger charge is -2.13. The molecule has 18 heavy (non-hydrogen) atoms. The molecule has 1 atom stereocenters. The zero-order valence-corrected chi connectivity index (χ0v) is 11.9. The molecule has 2 aromatic rings. The maximum Gasteiger partial charge on any atom is 0.227 e. The molecule has 0 spiro atoms. The van der Waals surface area contributed by atoms with E-state index in [1.807, 2.05) is 0 Å². The molecule has 0 radical (unpaired) electrons. The van der Waals surface area contributed by atoms with E-state index >= 15 is 0 Å². The molecule has 98 valence electrons. The minimum Gasteiger partial charge on any atom is -0.474 e.